The summed E-state index contributed by atoms with van der Waals surface area (Å²) < 4.78 is 2.62. The summed E-state index contributed by atoms with van der Waals surface area (Å²) in [6, 6.07) is 3.74. The van der Waals surface area contributed by atoms with Crippen LogP contribution in [0.15, 0.2) is 29.0 Å². The van der Waals surface area contributed by atoms with Crippen LogP contribution in [0, 0.1) is 0 Å². The summed E-state index contributed by atoms with van der Waals surface area (Å²) in [5.41, 5.74) is 1.05. The fourth-order valence-corrected chi connectivity index (χ4v) is 1.77. The van der Waals surface area contributed by atoms with Crippen molar-refractivity contribution < 1.29 is 9.63 Å². The quantitative estimate of drug-likeness (QED) is 0.789. The van der Waals surface area contributed by atoms with Crippen molar-refractivity contribution in [2.45, 2.75) is 0 Å². The minimum absolute atomic E-state index is 0.280. The second-order valence-corrected chi connectivity index (χ2v) is 4.05. The number of carbonyl (C=O) groups excluding carboxylic acids is 1. The Morgan fingerprint density at radius 1 is 1.62 bits per heavy atom. The van der Waals surface area contributed by atoms with Crippen LogP contribution < -0.4 is 0 Å². The third-order valence-corrected chi connectivity index (χ3v) is 2.83. The molecule has 0 saturated carbocycles. The molecule has 2 heterocycles. The van der Waals surface area contributed by atoms with E-state index in [1.807, 2.05) is 18.3 Å². The number of pyridine rings is 1. The van der Waals surface area contributed by atoms with Crippen molar-refractivity contribution in [3.05, 3.63) is 34.7 Å². The lowest BCUT2D eigenvalue weighted by Gasteiger charge is -2.10. The van der Waals surface area contributed by atoms with Crippen molar-refractivity contribution in [1.82, 2.24) is 14.4 Å². The van der Waals surface area contributed by atoms with Crippen molar-refractivity contribution in [2.75, 3.05) is 14.2 Å². The van der Waals surface area contributed by atoms with Gasteiger partial charge < -0.3 is 4.40 Å². The molecule has 0 aliphatic heterocycles. The summed E-state index contributed by atoms with van der Waals surface area (Å²) in [5, 5.41) is 1.13. The van der Waals surface area contributed by atoms with Crippen LogP contribution in [0.3, 0.4) is 0 Å². The maximum atomic E-state index is 11.8. The van der Waals surface area contributed by atoms with E-state index in [0.717, 1.165) is 9.54 Å². The van der Waals surface area contributed by atoms with E-state index in [2.05, 4.69) is 20.9 Å². The van der Waals surface area contributed by atoms with Crippen LogP contribution in [0.25, 0.3) is 5.65 Å². The molecule has 0 spiro atoms. The molecule has 16 heavy (non-hydrogen) atoms. The predicted molar refractivity (Wildman–Crippen MR) is 62.0 cm³/mol. The number of halogens is 1. The van der Waals surface area contributed by atoms with Crippen LogP contribution in [-0.4, -0.2) is 34.5 Å². The molecular formula is C10H10BrN3O2. The van der Waals surface area contributed by atoms with E-state index in [9.17, 15) is 4.79 Å². The van der Waals surface area contributed by atoms with Crippen LogP contribution in [0.2, 0.25) is 0 Å². The van der Waals surface area contributed by atoms with E-state index in [1.54, 1.807) is 17.6 Å². The van der Waals surface area contributed by atoms with Gasteiger partial charge in [0, 0.05) is 19.4 Å². The Morgan fingerprint density at radius 2 is 2.38 bits per heavy atom. The molecule has 0 unspecified atom stereocenters. The standard InChI is InChI=1S/C10H10BrN3O2/c1-13(16-2)10(15)8-6-14-5-3-4-7(11)9(14)12-8/h3-6H,1-2H3. The van der Waals surface area contributed by atoms with Crippen LogP contribution in [0.1, 0.15) is 10.5 Å². The predicted octanol–water partition coefficient (Wildman–Crippen LogP) is 1.73. The molecule has 0 aliphatic rings. The van der Waals surface area contributed by atoms with E-state index in [0.29, 0.717) is 11.3 Å². The molecule has 2 aromatic heterocycles. The van der Waals surface area contributed by atoms with E-state index < -0.39 is 0 Å². The Balaban J connectivity index is 2.48. The minimum Gasteiger partial charge on any atom is -0.305 e. The number of hydroxylamine groups is 2. The van der Waals surface area contributed by atoms with Gasteiger partial charge in [0.1, 0.15) is 5.69 Å². The van der Waals surface area contributed by atoms with Crippen LogP contribution in [-0.2, 0) is 4.84 Å². The van der Waals surface area contributed by atoms with Gasteiger partial charge in [0.15, 0.2) is 5.65 Å². The molecule has 2 rings (SSSR count). The molecule has 0 bridgehead atoms. The number of hydrogen-bond donors (Lipinski definition) is 0. The molecule has 0 radical (unpaired) electrons. The zero-order valence-corrected chi connectivity index (χ0v) is 10.4. The van der Waals surface area contributed by atoms with E-state index in [1.165, 1.54) is 7.11 Å². The highest BCUT2D eigenvalue weighted by atomic mass is 79.9. The molecule has 0 aromatic carbocycles. The largest absolute Gasteiger partial charge is 0.305 e. The fourth-order valence-electron chi connectivity index (χ4n) is 1.33. The summed E-state index contributed by atoms with van der Waals surface area (Å²) in [4.78, 5) is 20.8. The number of rotatable bonds is 2. The first kappa shape index (κ1) is 11.1. The van der Waals surface area contributed by atoms with Gasteiger partial charge in [-0.15, -0.1) is 0 Å². The third kappa shape index (κ3) is 1.81. The Bertz CT molecular complexity index is 538. The van der Waals surface area contributed by atoms with Crippen LogP contribution >= 0.6 is 15.9 Å². The lowest BCUT2D eigenvalue weighted by molar-refractivity contribution is -0.0760. The fraction of sp³-hybridized carbons (Fsp3) is 0.200. The number of hydrogen-bond acceptors (Lipinski definition) is 3. The summed E-state index contributed by atoms with van der Waals surface area (Å²) in [6.45, 7) is 0. The number of nitrogens with zero attached hydrogens (tertiary/aromatic N) is 3. The normalized spacial score (nSPS) is 10.7. The molecule has 0 N–H and O–H groups in total. The maximum absolute atomic E-state index is 11.8. The Labute approximate surface area is 101 Å². The van der Waals surface area contributed by atoms with Gasteiger partial charge in [0.2, 0.25) is 0 Å². The first-order valence-corrected chi connectivity index (χ1v) is 5.38. The molecule has 0 fully saturated rings. The van der Waals surface area contributed by atoms with Crippen molar-refractivity contribution >= 4 is 27.5 Å². The smallest absolute Gasteiger partial charge is 0.297 e. The van der Waals surface area contributed by atoms with E-state index in [-0.39, 0.29) is 5.91 Å². The molecule has 6 heteroatoms. The zero-order chi connectivity index (χ0) is 11.7. The van der Waals surface area contributed by atoms with E-state index in [4.69, 9.17) is 4.84 Å². The SMILES string of the molecule is CON(C)C(=O)c1cn2cccc(Br)c2n1. The summed E-state index contributed by atoms with van der Waals surface area (Å²) in [7, 11) is 2.98. The van der Waals surface area contributed by atoms with Crippen molar-refractivity contribution in [1.29, 1.82) is 0 Å². The van der Waals surface area contributed by atoms with Crippen LogP contribution in [0.5, 0.6) is 0 Å². The van der Waals surface area contributed by atoms with Crippen LogP contribution in [0.4, 0.5) is 0 Å². The Kier molecular flexibility index (Phi) is 2.93. The number of amides is 1. The lowest BCUT2D eigenvalue weighted by atomic mass is 10.4. The van der Waals surface area contributed by atoms with Gasteiger partial charge in [-0.05, 0) is 28.1 Å². The molecule has 2 aromatic rings. The number of fused-ring (bicyclic) bond motifs is 1. The number of carbonyl (C=O) groups is 1. The average Bonchev–Trinajstić information content (AvgIpc) is 2.72. The second-order valence-electron chi connectivity index (χ2n) is 3.20. The lowest BCUT2D eigenvalue weighted by Crippen LogP contribution is -2.25. The highest BCUT2D eigenvalue weighted by molar-refractivity contribution is 9.10. The highest BCUT2D eigenvalue weighted by Crippen LogP contribution is 2.17. The molecule has 84 valence electrons. The van der Waals surface area contributed by atoms with Gasteiger partial charge in [-0.3, -0.25) is 9.63 Å². The molecule has 0 aliphatic carbocycles. The second kappa shape index (κ2) is 4.23. The zero-order valence-electron chi connectivity index (χ0n) is 8.85. The topological polar surface area (TPSA) is 46.8 Å². The highest BCUT2D eigenvalue weighted by Gasteiger charge is 2.15. The molecule has 5 nitrogen and oxygen atoms in total. The number of imidazole rings is 1. The van der Waals surface area contributed by atoms with Gasteiger partial charge in [-0.2, -0.15) is 0 Å². The molecule has 0 atom stereocenters. The first-order chi connectivity index (χ1) is 7.63. The van der Waals surface area contributed by atoms with Crippen molar-refractivity contribution in [2.24, 2.45) is 0 Å². The maximum Gasteiger partial charge on any atom is 0.297 e. The van der Waals surface area contributed by atoms with Crippen molar-refractivity contribution in [3.63, 3.8) is 0 Å². The van der Waals surface area contributed by atoms with Gasteiger partial charge in [-0.1, -0.05) is 0 Å². The molecule has 0 saturated heterocycles. The summed E-state index contributed by atoms with van der Waals surface area (Å²) in [6.07, 6.45) is 3.49. The Hall–Kier alpha value is -1.40. The summed E-state index contributed by atoms with van der Waals surface area (Å²) >= 11 is 3.37. The minimum atomic E-state index is -0.280. The average molecular weight is 284 g/mol. The van der Waals surface area contributed by atoms with Gasteiger partial charge in [0.25, 0.3) is 5.91 Å². The van der Waals surface area contributed by atoms with E-state index >= 15 is 0 Å². The van der Waals surface area contributed by atoms with Gasteiger partial charge in [0.05, 0.1) is 11.6 Å². The summed E-state index contributed by atoms with van der Waals surface area (Å²) in [5.74, 6) is -0.280. The molecule has 1 amide bonds. The van der Waals surface area contributed by atoms with Gasteiger partial charge in [-0.25, -0.2) is 10.0 Å². The molecular weight excluding hydrogens is 274 g/mol. The van der Waals surface area contributed by atoms with Crippen molar-refractivity contribution in [3.8, 4) is 0 Å². The monoisotopic (exact) mass is 283 g/mol. The number of aromatic nitrogens is 2. The third-order valence-electron chi connectivity index (χ3n) is 2.21. The first-order valence-electron chi connectivity index (χ1n) is 4.59. The van der Waals surface area contributed by atoms with Gasteiger partial charge >= 0.3 is 0 Å². The Morgan fingerprint density at radius 3 is 3.00 bits per heavy atom.